The van der Waals surface area contributed by atoms with Gasteiger partial charge in [-0.3, -0.25) is 0 Å². The summed E-state index contributed by atoms with van der Waals surface area (Å²) in [7, 11) is 0. The van der Waals surface area contributed by atoms with Gasteiger partial charge in [0.1, 0.15) is 5.82 Å². The average molecular weight is 263 g/mol. The van der Waals surface area contributed by atoms with Crippen LogP contribution in [0, 0.1) is 0 Å². The lowest BCUT2D eigenvalue weighted by Crippen LogP contribution is -2.22. The zero-order valence-corrected chi connectivity index (χ0v) is 11.2. The standard InChI is InChI=1S/C15H18N2.ClH/c1-2-7-13(8-3-1)16-15-11-10-12-6-4-5-9-14(12)17-15;/h4-6,9-11,13H,1-3,7-8H2,(H,16,17);1H. The molecule has 2 nitrogen and oxygen atoms in total. The van der Waals surface area contributed by atoms with Crippen LogP contribution >= 0.6 is 12.4 Å². The minimum atomic E-state index is 0. The number of pyridine rings is 1. The number of hydrogen-bond donors (Lipinski definition) is 1. The van der Waals surface area contributed by atoms with Crippen molar-refractivity contribution in [1.82, 2.24) is 4.98 Å². The number of nitrogens with one attached hydrogen (secondary N) is 1. The lowest BCUT2D eigenvalue weighted by Gasteiger charge is -2.23. The average Bonchev–Trinajstić information content (AvgIpc) is 2.40. The van der Waals surface area contributed by atoms with Crippen molar-refractivity contribution in [3.8, 4) is 0 Å². The predicted molar refractivity (Wildman–Crippen MR) is 79.5 cm³/mol. The molecule has 0 atom stereocenters. The van der Waals surface area contributed by atoms with E-state index in [9.17, 15) is 0 Å². The molecule has 0 bridgehead atoms. The van der Waals surface area contributed by atoms with Crippen molar-refractivity contribution in [2.45, 2.75) is 38.1 Å². The van der Waals surface area contributed by atoms with E-state index >= 15 is 0 Å². The molecule has 18 heavy (non-hydrogen) atoms. The van der Waals surface area contributed by atoms with Crippen molar-refractivity contribution in [3.63, 3.8) is 0 Å². The first-order chi connectivity index (χ1) is 8.42. The molecule has 0 unspecified atom stereocenters. The van der Waals surface area contributed by atoms with Gasteiger partial charge in [0.15, 0.2) is 0 Å². The number of anilines is 1. The lowest BCUT2D eigenvalue weighted by atomic mass is 9.95. The van der Waals surface area contributed by atoms with Crippen LogP contribution in [0.5, 0.6) is 0 Å². The summed E-state index contributed by atoms with van der Waals surface area (Å²) in [6.45, 7) is 0. The molecule has 1 fully saturated rings. The highest BCUT2D eigenvalue weighted by Crippen LogP contribution is 2.22. The highest BCUT2D eigenvalue weighted by molar-refractivity contribution is 5.85. The molecule has 1 heterocycles. The zero-order valence-electron chi connectivity index (χ0n) is 10.4. The maximum atomic E-state index is 4.66. The summed E-state index contributed by atoms with van der Waals surface area (Å²) in [5, 5.41) is 4.77. The second-order valence-corrected chi connectivity index (χ2v) is 4.87. The summed E-state index contributed by atoms with van der Waals surface area (Å²) >= 11 is 0. The normalized spacial score (nSPS) is 16.2. The molecule has 1 aromatic carbocycles. The van der Waals surface area contributed by atoms with Crippen LogP contribution in [0.15, 0.2) is 36.4 Å². The maximum absolute atomic E-state index is 4.66. The third kappa shape index (κ3) is 2.94. The highest BCUT2D eigenvalue weighted by atomic mass is 35.5. The molecule has 0 radical (unpaired) electrons. The summed E-state index contributed by atoms with van der Waals surface area (Å²) in [4.78, 5) is 4.66. The first kappa shape index (κ1) is 13.2. The smallest absolute Gasteiger partial charge is 0.126 e. The monoisotopic (exact) mass is 262 g/mol. The van der Waals surface area contributed by atoms with Crippen molar-refractivity contribution >= 4 is 29.1 Å². The molecule has 2 aromatic rings. The van der Waals surface area contributed by atoms with Crippen LogP contribution in [0.3, 0.4) is 0 Å². The Hall–Kier alpha value is -1.28. The van der Waals surface area contributed by atoms with Gasteiger partial charge in [0.2, 0.25) is 0 Å². The van der Waals surface area contributed by atoms with Crippen LogP contribution in [-0.2, 0) is 0 Å². The van der Waals surface area contributed by atoms with E-state index in [-0.39, 0.29) is 12.4 Å². The van der Waals surface area contributed by atoms with Crippen molar-refractivity contribution < 1.29 is 0 Å². The van der Waals surface area contributed by atoms with Crippen molar-refractivity contribution in [3.05, 3.63) is 36.4 Å². The van der Waals surface area contributed by atoms with Crippen molar-refractivity contribution in [2.24, 2.45) is 0 Å². The second-order valence-electron chi connectivity index (χ2n) is 4.87. The molecule has 3 rings (SSSR count). The first-order valence-corrected chi connectivity index (χ1v) is 6.54. The van der Waals surface area contributed by atoms with Gasteiger partial charge in [0, 0.05) is 11.4 Å². The quantitative estimate of drug-likeness (QED) is 0.868. The van der Waals surface area contributed by atoms with Gasteiger partial charge >= 0.3 is 0 Å². The SMILES string of the molecule is Cl.c1ccc2nc(NC3CCCCC3)ccc2c1. The first-order valence-electron chi connectivity index (χ1n) is 6.54. The third-order valence-corrected chi connectivity index (χ3v) is 3.56. The lowest BCUT2D eigenvalue weighted by molar-refractivity contribution is 0.462. The Morgan fingerprint density at radius 1 is 0.944 bits per heavy atom. The van der Waals surface area contributed by atoms with Gasteiger partial charge in [-0.2, -0.15) is 0 Å². The Kier molecular flexibility index (Phi) is 4.43. The van der Waals surface area contributed by atoms with E-state index in [0.29, 0.717) is 6.04 Å². The molecule has 1 aromatic heterocycles. The Balaban J connectivity index is 0.00000120. The number of aromatic nitrogens is 1. The van der Waals surface area contributed by atoms with Gasteiger partial charge in [0.05, 0.1) is 5.52 Å². The molecule has 0 aliphatic heterocycles. The van der Waals surface area contributed by atoms with Gasteiger partial charge in [-0.1, -0.05) is 37.5 Å². The van der Waals surface area contributed by atoms with E-state index in [1.165, 1.54) is 37.5 Å². The second kappa shape index (κ2) is 6.05. The fraction of sp³-hybridized carbons (Fsp3) is 0.400. The number of para-hydroxylation sites is 1. The summed E-state index contributed by atoms with van der Waals surface area (Å²) in [5.74, 6) is 1.02. The number of halogens is 1. The molecule has 0 spiro atoms. The molecule has 0 amide bonds. The number of nitrogens with zero attached hydrogens (tertiary/aromatic N) is 1. The molecule has 1 N–H and O–H groups in total. The van der Waals surface area contributed by atoms with Gasteiger partial charge in [-0.25, -0.2) is 4.98 Å². The van der Waals surface area contributed by atoms with E-state index in [2.05, 4.69) is 40.6 Å². The largest absolute Gasteiger partial charge is 0.367 e. The van der Waals surface area contributed by atoms with Gasteiger partial charge in [-0.15, -0.1) is 12.4 Å². The fourth-order valence-corrected chi connectivity index (χ4v) is 2.60. The van der Waals surface area contributed by atoms with E-state index in [0.717, 1.165) is 11.3 Å². The number of hydrogen-bond acceptors (Lipinski definition) is 2. The molecule has 3 heteroatoms. The molecule has 1 aliphatic rings. The Labute approximate surface area is 114 Å². The number of rotatable bonds is 2. The molecular formula is C15H19ClN2. The van der Waals surface area contributed by atoms with Gasteiger partial charge < -0.3 is 5.32 Å². The maximum Gasteiger partial charge on any atom is 0.126 e. The Bertz CT molecular complexity index is 507. The van der Waals surface area contributed by atoms with Gasteiger partial charge in [-0.05, 0) is 31.0 Å². The molecular weight excluding hydrogens is 244 g/mol. The summed E-state index contributed by atoms with van der Waals surface area (Å²) in [6.07, 6.45) is 6.67. The van der Waals surface area contributed by atoms with E-state index < -0.39 is 0 Å². The van der Waals surface area contributed by atoms with Crippen LogP contribution < -0.4 is 5.32 Å². The van der Waals surface area contributed by atoms with Crippen molar-refractivity contribution in [2.75, 3.05) is 5.32 Å². The minimum absolute atomic E-state index is 0. The Morgan fingerprint density at radius 3 is 2.56 bits per heavy atom. The van der Waals surface area contributed by atoms with Crippen LogP contribution in [0.1, 0.15) is 32.1 Å². The van der Waals surface area contributed by atoms with Crippen molar-refractivity contribution in [1.29, 1.82) is 0 Å². The van der Waals surface area contributed by atoms with Crippen LogP contribution in [0.4, 0.5) is 5.82 Å². The van der Waals surface area contributed by atoms with Crippen LogP contribution in [0.2, 0.25) is 0 Å². The Morgan fingerprint density at radius 2 is 1.72 bits per heavy atom. The van der Waals surface area contributed by atoms with Crippen LogP contribution in [0.25, 0.3) is 10.9 Å². The third-order valence-electron chi connectivity index (χ3n) is 3.56. The van der Waals surface area contributed by atoms with Gasteiger partial charge in [0.25, 0.3) is 0 Å². The van der Waals surface area contributed by atoms with E-state index in [1.54, 1.807) is 0 Å². The highest BCUT2D eigenvalue weighted by Gasteiger charge is 2.13. The van der Waals surface area contributed by atoms with E-state index in [4.69, 9.17) is 0 Å². The van der Waals surface area contributed by atoms with Crippen LogP contribution in [-0.4, -0.2) is 11.0 Å². The zero-order chi connectivity index (χ0) is 11.5. The molecule has 96 valence electrons. The number of fused-ring (bicyclic) bond motifs is 1. The topological polar surface area (TPSA) is 24.9 Å². The fourth-order valence-electron chi connectivity index (χ4n) is 2.60. The summed E-state index contributed by atoms with van der Waals surface area (Å²) in [5.41, 5.74) is 1.08. The molecule has 1 saturated carbocycles. The molecule has 1 aliphatic carbocycles. The number of benzene rings is 1. The summed E-state index contributed by atoms with van der Waals surface area (Å²) in [6, 6.07) is 13.1. The summed E-state index contributed by atoms with van der Waals surface area (Å²) < 4.78 is 0. The van der Waals surface area contributed by atoms with E-state index in [1.807, 2.05) is 6.07 Å². The predicted octanol–water partition coefficient (Wildman–Crippen LogP) is 4.40. The molecule has 0 saturated heterocycles. The minimum Gasteiger partial charge on any atom is -0.367 e.